The number of methoxy groups -OCH3 is 1. The molecule has 7 nitrogen and oxygen atoms in total. The van der Waals surface area contributed by atoms with Crippen LogP contribution in [0, 0.1) is 10.1 Å². The van der Waals surface area contributed by atoms with Crippen molar-refractivity contribution < 1.29 is 19.2 Å². The molecule has 0 bridgehead atoms. The van der Waals surface area contributed by atoms with Crippen LogP contribution >= 0.6 is 11.6 Å². The predicted octanol–water partition coefficient (Wildman–Crippen LogP) is 3.66. The normalized spacial score (nSPS) is 11.5. The molecule has 0 fully saturated rings. The molecule has 0 aliphatic heterocycles. The molecule has 2 aromatic carbocycles. The summed E-state index contributed by atoms with van der Waals surface area (Å²) in [6.45, 7) is 1.53. The zero-order chi connectivity index (χ0) is 17.7. The average Bonchev–Trinajstić information content (AvgIpc) is 2.54. The van der Waals surface area contributed by atoms with E-state index in [1.807, 2.05) is 0 Å². The standard InChI is InChI=1S/C16H15ClN2O5/c1-10(24-13-5-3-4-11(17)8-13)16(20)18-14-7-6-12(23-2)9-15(14)19(21)22/h3-10H,1-2H3,(H,18,20)/t10-/m0/s1. The lowest BCUT2D eigenvalue weighted by atomic mass is 10.2. The van der Waals surface area contributed by atoms with E-state index < -0.39 is 16.9 Å². The molecule has 0 heterocycles. The van der Waals surface area contributed by atoms with Crippen LogP contribution in [0.5, 0.6) is 11.5 Å². The van der Waals surface area contributed by atoms with Gasteiger partial charge in [0.2, 0.25) is 0 Å². The number of rotatable bonds is 6. The summed E-state index contributed by atoms with van der Waals surface area (Å²) < 4.78 is 10.4. The number of ether oxygens (including phenoxy) is 2. The van der Waals surface area contributed by atoms with Crippen LogP contribution in [0.3, 0.4) is 0 Å². The van der Waals surface area contributed by atoms with Gasteiger partial charge in [-0.25, -0.2) is 0 Å². The Morgan fingerprint density at radius 2 is 2.00 bits per heavy atom. The van der Waals surface area contributed by atoms with Gasteiger partial charge in [0.1, 0.15) is 17.2 Å². The third-order valence-electron chi connectivity index (χ3n) is 3.14. The first-order valence-electron chi connectivity index (χ1n) is 6.96. The third-order valence-corrected chi connectivity index (χ3v) is 3.37. The van der Waals surface area contributed by atoms with E-state index in [2.05, 4.69) is 5.32 Å². The lowest BCUT2D eigenvalue weighted by molar-refractivity contribution is -0.384. The van der Waals surface area contributed by atoms with Crippen LogP contribution in [0.2, 0.25) is 5.02 Å². The number of amides is 1. The summed E-state index contributed by atoms with van der Waals surface area (Å²) in [6.07, 6.45) is -0.870. The Bertz CT molecular complexity index is 766. The lowest BCUT2D eigenvalue weighted by Crippen LogP contribution is -2.30. The molecule has 0 aliphatic rings. The molecule has 0 aromatic heterocycles. The summed E-state index contributed by atoms with van der Waals surface area (Å²) in [7, 11) is 1.40. The van der Waals surface area contributed by atoms with Crippen molar-refractivity contribution in [3.8, 4) is 11.5 Å². The first kappa shape index (κ1) is 17.6. The van der Waals surface area contributed by atoms with Crippen molar-refractivity contribution in [2.75, 3.05) is 12.4 Å². The number of hydrogen-bond donors (Lipinski definition) is 1. The Labute approximate surface area is 143 Å². The molecule has 2 aromatic rings. The number of carbonyl (C=O) groups is 1. The number of carbonyl (C=O) groups excluding carboxylic acids is 1. The number of nitrogens with one attached hydrogen (secondary N) is 1. The van der Waals surface area contributed by atoms with Crippen molar-refractivity contribution >= 4 is 28.9 Å². The van der Waals surface area contributed by atoms with Crippen LogP contribution in [-0.4, -0.2) is 24.0 Å². The molecule has 126 valence electrons. The van der Waals surface area contributed by atoms with Gasteiger partial charge in [0.15, 0.2) is 6.10 Å². The number of nitro benzene ring substituents is 1. The van der Waals surface area contributed by atoms with Gasteiger partial charge in [-0.15, -0.1) is 0 Å². The Morgan fingerprint density at radius 1 is 1.25 bits per heavy atom. The van der Waals surface area contributed by atoms with Crippen LogP contribution < -0.4 is 14.8 Å². The first-order valence-corrected chi connectivity index (χ1v) is 7.34. The largest absolute Gasteiger partial charge is 0.496 e. The zero-order valence-electron chi connectivity index (χ0n) is 13.0. The van der Waals surface area contributed by atoms with Crippen LogP contribution in [0.4, 0.5) is 11.4 Å². The van der Waals surface area contributed by atoms with Gasteiger partial charge in [0, 0.05) is 5.02 Å². The van der Waals surface area contributed by atoms with Gasteiger partial charge in [-0.1, -0.05) is 17.7 Å². The predicted molar refractivity (Wildman–Crippen MR) is 89.8 cm³/mol. The monoisotopic (exact) mass is 350 g/mol. The molecule has 1 atom stereocenters. The highest BCUT2D eigenvalue weighted by molar-refractivity contribution is 6.30. The SMILES string of the molecule is COc1ccc(NC(=O)[C@H](C)Oc2cccc(Cl)c2)c([N+](=O)[O-])c1. The van der Waals surface area contributed by atoms with Gasteiger partial charge < -0.3 is 14.8 Å². The lowest BCUT2D eigenvalue weighted by Gasteiger charge is -2.15. The van der Waals surface area contributed by atoms with E-state index in [4.69, 9.17) is 21.1 Å². The van der Waals surface area contributed by atoms with E-state index in [1.54, 1.807) is 24.3 Å². The maximum absolute atomic E-state index is 12.2. The Hall–Kier alpha value is -2.80. The Kier molecular flexibility index (Phi) is 5.59. The molecule has 0 unspecified atom stereocenters. The molecular weight excluding hydrogens is 336 g/mol. The van der Waals surface area contributed by atoms with Crippen molar-refractivity contribution in [1.29, 1.82) is 0 Å². The quantitative estimate of drug-likeness (QED) is 0.634. The van der Waals surface area contributed by atoms with Gasteiger partial charge in [-0.3, -0.25) is 14.9 Å². The number of anilines is 1. The van der Waals surface area contributed by atoms with E-state index in [9.17, 15) is 14.9 Å². The Balaban J connectivity index is 2.12. The topological polar surface area (TPSA) is 90.7 Å². The van der Waals surface area contributed by atoms with Crippen molar-refractivity contribution in [3.05, 3.63) is 57.6 Å². The second kappa shape index (κ2) is 7.65. The average molecular weight is 351 g/mol. The van der Waals surface area contributed by atoms with Crippen LogP contribution in [0.25, 0.3) is 0 Å². The molecule has 0 saturated heterocycles. The zero-order valence-corrected chi connectivity index (χ0v) is 13.7. The molecule has 0 spiro atoms. The summed E-state index contributed by atoms with van der Waals surface area (Å²) in [5.74, 6) is 0.223. The molecule has 1 N–H and O–H groups in total. The third kappa shape index (κ3) is 4.36. The molecule has 0 radical (unpaired) electrons. The summed E-state index contributed by atoms with van der Waals surface area (Å²) in [5, 5.41) is 14.1. The van der Waals surface area contributed by atoms with E-state index in [0.29, 0.717) is 16.5 Å². The smallest absolute Gasteiger partial charge is 0.296 e. The molecule has 8 heteroatoms. The van der Waals surface area contributed by atoms with Crippen LogP contribution in [0.15, 0.2) is 42.5 Å². The minimum absolute atomic E-state index is 0.0624. The molecule has 0 aliphatic carbocycles. The molecule has 1 amide bonds. The summed E-state index contributed by atoms with van der Waals surface area (Å²) in [4.78, 5) is 22.7. The van der Waals surface area contributed by atoms with Gasteiger partial charge in [-0.2, -0.15) is 0 Å². The number of nitro groups is 1. The first-order chi connectivity index (χ1) is 11.4. The highest BCUT2D eigenvalue weighted by atomic mass is 35.5. The van der Waals surface area contributed by atoms with E-state index in [0.717, 1.165) is 0 Å². The van der Waals surface area contributed by atoms with E-state index >= 15 is 0 Å². The second-order valence-corrected chi connectivity index (χ2v) is 5.28. The fourth-order valence-corrected chi connectivity index (χ4v) is 2.11. The van der Waals surface area contributed by atoms with Gasteiger partial charge in [0.05, 0.1) is 18.1 Å². The fraction of sp³-hybridized carbons (Fsp3) is 0.188. The molecule has 2 rings (SSSR count). The van der Waals surface area contributed by atoms with Gasteiger partial charge in [-0.05, 0) is 37.3 Å². The van der Waals surface area contributed by atoms with E-state index in [1.165, 1.54) is 32.2 Å². The molecular formula is C16H15ClN2O5. The van der Waals surface area contributed by atoms with Crippen molar-refractivity contribution in [1.82, 2.24) is 0 Å². The van der Waals surface area contributed by atoms with E-state index in [-0.39, 0.29) is 11.4 Å². The Morgan fingerprint density at radius 3 is 2.62 bits per heavy atom. The summed E-state index contributed by atoms with van der Waals surface area (Å²) >= 11 is 5.85. The summed E-state index contributed by atoms with van der Waals surface area (Å²) in [6, 6.07) is 10.8. The number of hydrogen-bond acceptors (Lipinski definition) is 5. The number of halogens is 1. The molecule has 24 heavy (non-hydrogen) atoms. The molecule has 0 saturated carbocycles. The van der Waals surface area contributed by atoms with Gasteiger partial charge in [0.25, 0.3) is 11.6 Å². The van der Waals surface area contributed by atoms with Gasteiger partial charge >= 0.3 is 0 Å². The maximum Gasteiger partial charge on any atom is 0.296 e. The number of benzene rings is 2. The van der Waals surface area contributed by atoms with Crippen molar-refractivity contribution in [2.24, 2.45) is 0 Å². The highest BCUT2D eigenvalue weighted by Gasteiger charge is 2.21. The van der Waals surface area contributed by atoms with Crippen molar-refractivity contribution in [2.45, 2.75) is 13.0 Å². The van der Waals surface area contributed by atoms with Crippen LogP contribution in [0.1, 0.15) is 6.92 Å². The minimum Gasteiger partial charge on any atom is -0.496 e. The second-order valence-electron chi connectivity index (χ2n) is 4.85. The maximum atomic E-state index is 12.2. The van der Waals surface area contributed by atoms with Crippen molar-refractivity contribution in [3.63, 3.8) is 0 Å². The fourth-order valence-electron chi connectivity index (χ4n) is 1.93. The summed E-state index contributed by atoms with van der Waals surface area (Å²) in [5.41, 5.74) is -0.204. The highest BCUT2D eigenvalue weighted by Crippen LogP contribution is 2.29. The number of nitrogens with zero attached hydrogens (tertiary/aromatic N) is 1. The minimum atomic E-state index is -0.870. The van der Waals surface area contributed by atoms with Crippen LogP contribution in [-0.2, 0) is 4.79 Å².